The first-order chi connectivity index (χ1) is 14.8. The Bertz CT molecular complexity index is 990. The summed E-state index contributed by atoms with van der Waals surface area (Å²) in [6, 6.07) is 10.5. The Morgan fingerprint density at radius 1 is 0.867 bits per heavy atom. The van der Waals surface area contributed by atoms with Gasteiger partial charge in [-0.1, -0.05) is 36.8 Å². The SMILES string of the molecule is Cc1nc(N2CCOCC2)c2nc(-c3ccccc3)n(CCN3CCCCC3)c2n1. The third-order valence-electron chi connectivity index (χ3n) is 6.12. The van der Waals surface area contributed by atoms with E-state index in [0.717, 1.165) is 73.6 Å². The van der Waals surface area contributed by atoms with Crippen LogP contribution in [-0.2, 0) is 11.3 Å². The first kappa shape index (κ1) is 19.5. The van der Waals surface area contributed by atoms with Crippen LogP contribution in [0.3, 0.4) is 0 Å². The van der Waals surface area contributed by atoms with Crippen LogP contribution >= 0.6 is 0 Å². The van der Waals surface area contributed by atoms with Crippen LogP contribution in [0.4, 0.5) is 5.82 Å². The van der Waals surface area contributed by atoms with Gasteiger partial charge in [-0.05, 0) is 32.9 Å². The molecule has 0 radical (unpaired) electrons. The number of morpholine rings is 1. The van der Waals surface area contributed by atoms with E-state index in [-0.39, 0.29) is 0 Å². The Labute approximate surface area is 177 Å². The Balaban J connectivity index is 1.58. The predicted octanol–water partition coefficient (Wildman–Crippen LogP) is 3.12. The molecule has 4 heterocycles. The molecule has 5 rings (SSSR count). The van der Waals surface area contributed by atoms with E-state index in [4.69, 9.17) is 19.7 Å². The molecule has 0 atom stereocenters. The summed E-state index contributed by atoms with van der Waals surface area (Å²) in [5.41, 5.74) is 2.97. The highest BCUT2D eigenvalue weighted by Gasteiger charge is 2.23. The summed E-state index contributed by atoms with van der Waals surface area (Å²) in [5.74, 6) is 2.72. The predicted molar refractivity (Wildman–Crippen MR) is 119 cm³/mol. The van der Waals surface area contributed by atoms with Crippen molar-refractivity contribution in [3.63, 3.8) is 0 Å². The quantitative estimate of drug-likeness (QED) is 0.649. The molecular weight excluding hydrogens is 376 g/mol. The molecule has 30 heavy (non-hydrogen) atoms. The number of aryl methyl sites for hydroxylation is 1. The first-order valence-electron chi connectivity index (χ1n) is 11.1. The van der Waals surface area contributed by atoms with Gasteiger partial charge in [-0.2, -0.15) is 0 Å². The molecule has 0 unspecified atom stereocenters. The molecule has 0 amide bonds. The summed E-state index contributed by atoms with van der Waals surface area (Å²) in [4.78, 5) is 19.6. The minimum Gasteiger partial charge on any atom is -0.378 e. The number of imidazole rings is 1. The molecule has 158 valence electrons. The molecule has 0 saturated carbocycles. The molecule has 0 aliphatic carbocycles. The average molecular weight is 407 g/mol. The average Bonchev–Trinajstić information content (AvgIpc) is 3.17. The smallest absolute Gasteiger partial charge is 0.166 e. The van der Waals surface area contributed by atoms with Gasteiger partial charge in [0.25, 0.3) is 0 Å². The number of nitrogens with zero attached hydrogens (tertiary/aromatic N) is 6. The fourth-order valence-electron chi connectivity index (χ4n) is 4.53. The van der Waals surface area contributed by atoms with Crippen molar-refractivity contribution in [3.05, 3.63) is 36.2 Å². The number of benzene rings is 1. The summed E-state index contributed by atoms with van der Waals surface area (Å²) in [7, 11) is 0. The third kappa shape index (κ3) is 3.91. The molecule has 2 aliphatic heterocycles. The second-order valence-electron chi connectivity index (χ2n) is 8.22. The van der Waals surface area contributed by atoms with E-state index in [9.17, 15) is 0 Å². The molecule has 0 spiro atoms. The molecule has 7 heteroatoms. The number of rotatable bonds is 5. The molecule has 1 aromatic carbocycles. The number of piperidine rings is 1. The van der Waals surface area contributed by atoms with Gasteiger partial charge in [-0.25, -0.2) is 15.0 Å². The summed E-state index contributed by atoms with van der Waals surface area (Å²) < 4.78 is 7.85. The Hall–Kier alpha value is -2.51. The maximum atomic E-state index is 5.55. The van der Waals surface area contributed by atoms with Gasteiger partial charge >= 0.3 is 0 Å². The van der Waals surface area contributed by atoms with Crippen molar-refractivity contribution in [1.29, 1.82) is 0 Å². The number of hydrogen-bond acceptors (Lipinski definition) is 6. The van der Waals surface area contributed by atoms with Gasteiger partial charge in [-0.15, -0.1) is 0 Å². The zero-order chi connectivity index (χ0) is 20.3. The number of hydrogen-bond donors (Lipinski definition) is 0. The van der Waals surface area contributed by atoms with Crippen molar-refractivity contribution in [2.24, 2.45) is 0 Å². The largest absolute Gasteiger partial charge is 0.378 e. The van der Waals surface area contributed by atoms with Gasteiger partial charge in [0.05, 0.1) is 13.2 Å². The van der Waals surface area contributed by atoms with E-state index in [1.807, 2.05) is 13.0 Å². The topological polar surface area (TPSA) is 59.3 Å². The van der Waals surface area contributed by atoms with Crippen molar-refractivity contribution in [1.82, 2.24) is 24.4 Å². The van der Waals surface area contributed by atoms with Gasteiger partial charge in [0.2, 0.25) is 0 Å². The lowest BCUT2D eigenvalue weighted by atomic mass is 10.1. The van der Waals surface area contributed by atoms with Crippen LogP contribution in [0.5, 0.6) is 0 Å². The van der Waals surface area contributed by atoms with Crippen LogP contribution in [0.25, 0.3) is 22.6 Å². The van der Waals surface area contributed by atoms with E-state index in [2.05, 4.69) is 38.6 Å². The van der Waals surface area contributed by atoms with Gasteiger partial charge < -0.3 is 19.1 Å². The lowest BCUT2D eigenvalue weighted by molar-refractivity contribution is 0.122. The highest BCUT2D eigenvalue weighted by molar-refractivity contribution is 5.87. The molecule has 0 bridgehead atoms. The van der Waals surface area contributed by atoms with Crippen molar-refractivity contribution < 1.29 is 4.74 Å². The Kier molecular flexibility index (Phi) is 5.64. The highest BCUT2D eigenvalue weighted by atomic mass is 16.5. The summed E-state index contributed by atoms with van der Waals surface area (Å²) in [6.07, 6.45) is 3.96. The standard InChI is InChI=1S/C23H30N6O/c1-18-24-22(28-14-16-30-17-15-28)20-23(25-18)29(13-12-27-10-6-3-7-11-27)21(26-20)19-8-4-2-5-9-19/h2,4-5,8-9H,3,6-7,10-17H2,1H3. The normalized spacial score (nSPS) is 18.2. The zero-order valence-corrected chi connectivity index (χ0v) is 17.8. The van der Waals surface area contributed by atoms with Crippen LogP contribution in [0.15, 0.2) is 30.3 Å². The summed E-state index contributed by atoms with van der Waals surface area (Å²) >= 11 is 0. The fraction of sp³-hybridized carbons (Fsp3) is 0.522. The van der Waals surface area contributed by atoms with Gasteiger partial charge in [0.15, 0.2) is 17.0 Å². The Morgan fingerprint density at radius 3 is 2.40 bits per heavy atom. The number of anilines is 1. The second kappa shape index (κ2) is 8.70. The minimum atomic E-state index is 0.728. The van der Waals surface area contributed by atoms with E-state index in [1.165, 1.54) is 32.4 Å². The van der Waals surface area contributed by atoms with Crippen LogP contribution in [-0.4, -0.2) is 70.4 Å². The molecular formula is C23H30N6O. The number of fused-ring (bicyclic) bond motifs is 1. The maximum Gasteiger partial charge on any atom is 0.166 e. The molecule has 7 nitrogen and oxygen atoms in total. The zero-order valence-electron chi connectivity index (χ0n) is 17.8. The lowest BCUT2D eigenvalue weighted by Gasteiger charge is -2.28. The first-order valence-corrected chi connectivity index (χ1v) is 11.1. The van der Waals surface area contributed by atoms with Crippen molar-refractivity contribution >= 4 is 17.0 Å². The van der Waals surface area contributed by atoms with E-state index in [0.29, 0.717) is 0 Å². The van der Waals surface area contributed by atoms with Gasteiger partial charge in [0, 0.05) is 31.7 Å². The van der Waals surface area contributed by atoms with E-state index >= 15 is 0 Å². The number of ether oxygens (including phenoxy) is 1. The molecule has 0 N–H and O–H groups in total. The maximum absolute atomic E-state index is 5.55. The Morgan fingerprint density at radius 2 is 1.63 bits per heavy atom. The monoisotopic (exact) mass is 406 g/mol. The second-order valence-corrected chi connectivity index (χ2v) is 8.22. The molecule has 2 aliphatic rings. The molecule has 2 fully saturated rings. The van der Waals surface area contributed by atoms with Crippen molar-refractivity contribution in [2.75, 3.05) is 50.8 Å². The fourth-order valence-corrected chi connectivity index (χ4v) is 4.53. The van der Waals surface area contributed by atoms with Crippen LogP contribution < -0.4 is 4.90 Å². The van der Waals surface area contributed by atoms with Crippen LogP contribution in [0, 0.1) is 6.92 Å². The number of aromatic nitrogens is 4. The molecule has 2 aromatic heterocycles. The lowest BCUT2D eigenvalue weighted by Crippen LogP contribution is -2.37. The van der Waals surface area contributed by atoms with Gasteiger partial charge in [0.1, 0.15) is 11.6 Å². The summed E-state index contributed by atoms with van der Waals surface area (Å²) in [5, 5.41) is 0. The van der Waals surface area contributed by atoms with Gasteiger partial charge in [-0.3, -0.25) is 0 Å². The minimum absolute atomic E-state index is 0.728. The molecule has 3 aromatic rings. The molecule has 2 saturated heterocycles. The number of likely N-dealkylation sites (tertiary alicyclic amines) is 1. The van der Waals surface area contributed by atoms with E-state index in [1.54, 1.807) is 0 Å². The summed E-state index contributed by atoms with van der Waals surface area (Å²) in [6.45, 7) is 9.42. The van der Waals surface area contributed by atoms with Crippen LogP contribution in [0.1, 0.15) is 25.1 Å². The van der Waals surface area contributed by atoms with Crippen LogP contribution in [0.2, 0.25) is 0 Å². The third-order valence-corrected chi connectivity index (χ3v) is 6.12. The van der Waals surface area contributed by atoms with E-state index < -0.39 is 0 Å². The van der Waals surface area contributed by atoms with Crippen molar-refractivity contribution in [2.45, 2.75) is 32.7 Å². The van der Waals surface area contributed by atoms with Crippen molar-refractivity contribution in [3.8, 4) is 11.4 Å². The highest BCUT2D eigenvalue weighted by Crippen LogP contribution is 2.29.